The maximum Gasteiger partial charge on any atom is 0.191 e. The lowest BCUT2D eigenvalue weighted by atomic mass is 10.2. The van der Waals surface area contributed by atoms with Crippen LogP contribution >= 0.6 is 22.9 Å². The van der Waals surface area contributed by atoms with Crippen molar-refractivity contribution in [2.45, 2.75) is 19.4 Å². The molecule has 0 aliphatic heterocycles. The van der Waals surface area contributed by atoms with Crippen LogP contribution in [0.5, 0.6) is 0 Å². The molecule has 0 aliphatic carbocycles. The first kappa shape index (κ1) is 20.4. The molecule has 2 aromatic heterocycles. The second-order valence-electron chi connectivity index (χ2n) is 6.18. The topological polar surface area (TPSA) is 74.5 Å². The first-order valence-electron chi connectivity index (χ1n) is 9.20. The average Bonchev–Trinajstić information content (AvgIpc) is 3.36. The van der Waals surface area contributed by atoms with Gasteiger partial charge in [0.1, 0.15) is 6.10 Å². The predicted molar refractivity (Wildman–Crippen MR) is 116 cm³/mol. The number of para-hydroxylation sites is 1. The van der Waals surface area contributed by atoms with Gasteiger partial charge in [0.15, 0.2) is 5.96 Å². The van der Waals surface area contributed by atoms with Crippen LogP contribution in [0.25, 0.3) is 5.69 Å². The SMILES string of the molecule is CCNC(=NCC(O)c1ccc(Cl)s1)NCCc1cnn(-c2ccccc2)c1. The van der Waals surface area contributed by atoms with E-state index in [1.807, 2.05) is 60.4 Å². The molecular formula is C20H24ClN5OS. The van der Waals surface area contributed by atoms with Crippen molar-refractivity contribution in [3.05, 3.63) is 69.6 Å². The van der Waals surface area contributed by atoms with E-state index in [4.69, 9.17) is 11.6 Å². The van der Waals surface area contributed by atoms with Crippen LogP contribution in [0.1, 0.15) is 23.5 Å². The Morgan fingerprint density at radius 3 is 2.79 bits per heavy atom. The second kappa shape index (κ2) is 10.3. The number of aliphatic imine (C=N–C) groups is 1. The minimum Gasteiger partial charge on any atom is -0.386 e. The number of nitrogens with zero attached hydrogens (tertiary/aromatic N) is 3. The fourth-order valence-corrected chi connectivity index (χ4v) is 3.69. The lowest BCUT2D eigenvalue weighted by Crippen LogP contribution is -2.38. The van der Waals surface area contributed by atoms with E-state index in [9.17, 15) is 5.11 Å². The largest absolute Gasteiger partial charge is 0.386 e. The van der Waals surface area contributed by atoms with E-state index in [1.54, 1.807) is 6.07 Å². The molecular weight excluding hydrogens is 394 g/mol. The van der Waals surface area contributed by atoms with Crippen LogP contribution in [-0.4, -0.2) is 40.5 Å². The highest BCUT2D eigenvalue weighted by Gasteiger charge is 2.10. The van der Waals surface area contributed by atoms with Crippen LogP contribution in [0.2, 0.25) is 4.34 Å². The maximum absolute atomic E-state index is 10.2. The Hall–Kier alpha value is -2.35. The van der Waals surface area contributed by atoms with E-state index < -0.39 is 6.10 Å². The molecule has 1 aromatic carbocycles. The van der Waals surface area contributed by atoms with Crippen molar-refractivity contribution in [3.63, 3.8) is 0 Å². The van der Waals surface area contributed by atoms with Gasteiger partial charge in [-0.15, -0.1) is 11.3 Å². The van der Waals surface area contributed by atoms with Gasteiger partial charge in [-0.2, -0.15) is 5.10 Å². The molecule has 0 bridgehead atoms. The fraction of sp³-hybridized carbons (Fsp3) is 0.300. The molecule has 0 saturated heterocycles. The van der Waals surface area contributed by atoms with Crippen molar-refractivity contribution in [1.29, 1.82) is 0 Å². The lowest BCUT2D eigenvalue weighted by molar-refractivity contribution is 0.191. The Labute approximate surface area is 173 Å². The highest BCUT2D eigenvalue weighted by Crippen LogP contribution is 2.26. The summed E-state index contributed by atoms with van der Waals surface area (Å²) >= 11 is 7.30. The van der Waals surface area contributed by atoms with Gasteiger partial charge in [-0.3, -0.25) is 4.99 Å². The zero-order chi connectivity index (χ0) is 19.8. The lowest BCUT2D eigenvalue weighted by Gasteiger charge is -2.12. The van der Waals surface area contributed by atoms with Crippen molar-refractivity contribution in [1.82, 2.24) is 20.4 Å². The van der Waals surface area contributed by atoms with E-state index in [1.165, 1.54) is 11.3 Å². The third-order valence-electron chi connectivity index (χ3n) is 4.05. The third-order valence-corrected chi connectivity index (χ3v) is 5.38. The summed E-state index contributed by atoms with van der Waals surface area (Å²) in [6.07, 6.45) is 4.08. The summed E-state index contributed by atoms with van der Waals surface area (Å²) in [5, 5.41) is 21.2. The summed E-state index contributed by atoms with van der Waals surface area (Å²) in [6, 6.07) is 13.6. The number of halogens is 1. The smallest absolute Gasteiger partial charge is 0.191 e. The zero-order valence-electron chi connectivity index (χ0n) is 15.7. The predicted octanol–water partition coefficient (Wildman–Crippen LogP) is 3.42. The summed E-state index contributed by atoms with van der Waals surface area (Å²) in [7, 11) is 0. The molecule has 3 N–H and O–H groups in total. The van der Waals surface area contributed by atoms with Gasteiger partial charge in [-0.25, -0.2) is 4.68 Å². The molecule has 3 rings (SSSR count). The van der Waals surface area contributed by atoms with Crippen molar-refractivity contribution in [2.75, 3.05) is 19.6 Å². The Kier molecular flexibility index (Phi) is 7.47. The van der Waals surface area contributed by atoms with Crippen LogP contribution in [0, 0.1) is 0 Å². The van der Waals surface area contributed by atoms with Crippen LogP contribution in [0.4, 0.5) is 0 Å². The molecule has 0 fully saturated rings. The molecule has 8 heteroatoms. The average molecular weight is 418 g/mol. The Balaban J connectivity index is 1.51. The van der Waals surface area contributed by atoms with Crippen molar-refractivity contribution >= 4 is 28.9 Å². The van der Waals surface area contributed by atoms with Crippen molar-refractivity contribution < 1.29 is 5.11 Å². The van der Waals surface area contributed by atoms with Crippen LogP contribution in [-0.2, 0) is 6.42 Å². The number of thiophene rings is 1. The summed E-state index contributed by atoms with van der Waals surface area (Å²) < 4.78 is 2.54. The second-order valence-corrected chi connectivity index (χ2v) is 7.93. The molecule has 0 saturated carbocycles. The van der Waals surface area contributed by atoms with Gasteiger partial charge < -0.3 is 15.7 Å². The van der Waals surface area contributed by atoms with E-state index in [0.29, 0.717) is 16.8 Å². The number of aromatic nitrogens is 2. The van der Waals surface area contributed by atoms with Crippen LogP contribution < -0.4 is 10.6 Å². The van der Waals surface area contributed by atoms with Crippen molar-refractivity contribution in [2.24, 2.45) is 4.99 Å². The quantitative estimate of drug-likeness (QED) is 0.388. The molecule has 0 amide bonds. The monoisotopic (exact) mass is 417 g/mol. The third kappa shape index (κ3) is 5.82. The number of rotatable bonds is 8. The van der Waals surface area contributed by atoms with Gasteiger partial charge in [0, 0.05) is 24.2 Å². The summed E-state index contributed by atoms with van der Waals surface area (Å²) in [6.45, 7) is 3.75. The first-order valence-corrected chi connectivity index (χ1v) is 10.4. The number of aliphatic hydroxyl groups excluding tert-OH is 1. The standard InChI is InChI=1S/C20H24ClN5OS/c1-2-22-20(24-13-17(27)18-8-9-19(21)28-18)23-11-10-15-12-25-26(14-15)16-6-4-3-5-7-16/h3-9,12,14,17,27H,2,10-11,13H2,1H3,(H2,22,23,24). The molecule has 148 valence electrons. The normalized spacial score (nSPS) is 12.8. The highest BCUT2D eigenvalue weighted by molar-refractivity contribution is 7.16. The summed E-state index contributed by atoms with van der Waals surface area (Å²) in [4.78, 5) is 5.29. The van der Waals surface area contributed by atoms with E-state index in [2.05, 4.69) is 20.7 Å². The van der Waals surface area contributed by atoms with Crippen LogP contribution in [0.15, 0.2) is 59.9 Å². The van der Waals surface area contributed by atoms with Crippen molar-refractivity contribution in [3.8, 4) is 5.69 Å². The highest BCUT2D eigenvalue weighted by atomic mass is 35.5. The van der Waals surface area contributed by atoms with Gasteiger partial charge in [-0.05, 0) is 43.2 Å². The number of nitrogens with one attached hydrogen (secondary N) is 2. The Morgan fingerprint density at radius 2 is 2.07 bits per heavy atom. The molecule has 3 aromatic rings. The van der Waals surface area contributed by atoms with E-state index in [-0.39, 0.29) is 6.54 Å². The minimum absolute atomic E-state index is 0.276. The van der Waals surface area contributed by atoms with Gasteiger partial charge in [-0.1, -0.05) is 29.8 Å². The fourth-order valence-electron chi connectivity index (χ4n) is 2.65. The molecule has 0 radical (unpaired) electrons. The molecule has 2 heterocycles. The molecule has 1 atom stereocenters. The van der Waals surface area contributed by atoms with Gasteiger partial charge in [0.05, 0.1) is 22.8 Å². The number of hydrogen-bond donors (Lipinski definition) is 3. The number of hydrogen-bond acceptors (Lipinski definition) is 4. The van der Waals surface area contributed by atoms with E-state index in [0.717, 1.165) is 29.1 Å². The summed E-state index contributed by atoms with van der Waals surface area (Å²) in [5.74, 6) is 0.680. The molecule has 1 unspecified atom stereocenters. The first-order chi connectivity index (χ1) is 13.7. The van der Waals surface area contributed by atoms with Gasteiger partial charge in [0.25, 0.3) is 0 Å². The number of aliphatic hydroxyl groups is 1. The van der Waals surface area contributed by atoms with Crippen LogP contribution in [0.3, 0.4) is 0 Å². The van der Waals surface area contributed by atoms with Gasteiger partial charge in [0.2, 0.25) is 0 Å². The molecule has 28 heavy (non-hydrogen) atoms. The maximum atomic E-state index is 10.2. The van der Waals surface area contributed by atoms with Gasteiger partial charge >= 0.3 is 0 Å². The number of guanidine groups is 1. The summed E-state index contributed by atoms with van der Waals surface area (Å²) in [5.41, 5.74) is 2.18. The molecule has 0 spiro atoms. The van der Waals surface area contributed by atoms with E-state index >= 15 is 0 Å². The Bertz CT molecular complexity index is 893. The molecule has 0 aliphatic rings. The number of benzene rings is 1. The Morgan fingerprint density at radius 1 is 1.25 bits per heavy atom. The molecule has 6 nitrogen and oxygen atoms in total. The minimum atomic E-state index is -0.655. The zero-order valence-corrected chi connectivity index (χ0v) is 17.2.